The van der Waals surface area contributed by atoms with Gasteiger partial charge in [-0.1, -0.05) is 140 Å². The first-order chi connectivity index (χ1) is 27.3. The van der Waals surface area contributed by atoms with Gasteiger partial charge in [-0.2, -0.15) is 0 Å². The molecule has 0 bridgehead atoms. The van der Waals surface area contributed by atoms with Crippen LogP contribution in [0.4, 0.5) is 17.1 Å². The number of nitrogens with zero attached hydrogens (tertiary/aromatic N) is 2. The normalized spacial score (nSPS) is 29.7. The minimum absolute atomic E-state index is 0.261. The third-order valence-corrected chi connectivity index (χ3v) is 15.1. The monoisotopic (exact) mass is 728 g/mol. The zero-order valence-corrected chi connectivity index (χ0v) is 31.7. The summed E-state index contributed by atoms with van der Waals surface area (Å²) >= 11 is 2.06. The first-order valence-corrected chi connectivity index (χ1v) is 21.3. The van der Waals surface area contributed by atoms with Crippen LogP contribution in [-0.2, 0) is 6.42 Å². The molecule has 2 nitrogen and oxygen atoms in total. The number of fused-ring (bicyclic) bond motifs is 10. The minimum atomic E-state index is 0.261. The summed E-state index contributed by atoms with van der Waals surface area (Å²) in [6.07, 6.45) is 40.1. The average Bonchev–Trinajstić information content (AvgIpc) is 3.91. The number of benzene rings is 4. The van der Waals surface area contributed by atoms with Gasteiger partial charge in [0.1, 0.15) is 0 Å². The first-order valence-electron chi connectivity index (χ1n) is 20.4. The van der Waals surface area contributed by atoms with E-state index in [1.165, 1.54) is 72.9 Å². The predicted molar refractivity (Wildman–Crippen MR) is 232 cm³/mol. The molecule has 8 unspecified atom stereocenters. The SMILES string of the molecule is C1=CC2Sc3c(N4c5ccc(C6=CC7C8C=CC=CC8N(c8ccc9c(c8)CCC=C9)C7CC6)cc5C5C=CC=CC54)ccc(-c4ccccc4)c3C2C=C1. The third kappa shape index (κ3) is 4.95. The number of rotatable bonds is 4. The fourth-order valence-corrected chi connectivity index (χ4v) is 12.8. The summed E-state index contributed by atoms with van der Waals surface area (Å²) in [7, 11) is 0. The van der Waals surface area contributed by atoms with Gasteiger partial charge < -0.3 is 9.80 Å². The van der Waals surface area contributed by atoms with E-state index in [2.05, 4.69) is 192 Å². The van der Waals surface area contributed by atoms with Gasteiger partial charge in [-0.25, -0.2) is 0 Å². The fraction of sp³-hybridized carbons (Fsp3) is 0.231. The predicted octanol–water partition coefficient (Wildman–Crippen LogP) is 12.5. The van der Waals surface area contributed by atoms with Crippen molar-refractivity contribution < 1.29 is 0 Å². The molecule has 8 atom stereocenters. The summed E-state index contributed by atoms with van der Waals surface area (Å²) < 4.78 is 0. The van der Waals surface area contributed by atoms with Gasteiger partial charge in [0.15, 0.2) is 0 Å². The average molecular weight is 729 g/mol. The molecule has 12 rings (SSSR count). The number of aryl methyl sites for hydroxylation is 1. The van der Waals surface area contributed by atoms with Gasteiger partial charge in [0.25, 0.3) is 0 Å². The molecule has 268 valence electrons. The van der Waals surface area contributed by atoms with E-state index in [1.807, 2.05) is 0 Å². The summed E-state index contributed by atoms with van der Waals surface area (Å²) in [5.74, 6) is 1.70. The van der Waals surface area contributed by atoms with Crippen LogP contribution in [0.2, 0.25) is 0 Å². The lowest BCUT2D eigenvalue weighted by molar-refractivity contribution is 0.463. The van der Waals surface area contributed by atoms with Crippen molar-refractivity contribution in [2.24, 2.45) is 11.8 Å². The molecule has 1 saturated heterocycles. The van der Waals surface area contributed by atoms with Crippen LogP contribution in [0.25, 0.3) is 22.8 Å². The van der Waals surface area contributed by atoms with Crippen LogP contribution in [-0.4, -0.2) is 23.4 Å². The highest BCUT2D eigenvalue weighted by atomic mass is 32.2. The minimum Gasteiger partial charge on any atom is -0.361 e. The second-order valence-corrected chi connectivity index (χ2v) is 17.7. The highest BCUT2D eigenvalue weighted by molar-refractivity contribution is 8.00. The molecule has 0 amide bonds. The van der Waals surface area contributed by atoms with Gasteiger partial charge in [0.05, 0.1) is 17.8 Å². The zero-order valence-electron chi connectivity index (χ0n) is 30.9. The molecule has 0 radical (unpaired) electrons. The van der Waals surface area contributed by atoms with E-state index in [0.717, 1.165) is 19.3 Å². The molecule has 55 heavy (non-hydrogen) atoms. The second-order valence-electron chi connectivity index (χ2n) is 16.5. The highest BCUT2D eigenvalue weighted by Crippen LogP contribution is 2.59. The smallest absolute Gasteiger partial charge is 0.0630 e. The zero-order chi connectivity index (χ0) is 36.0. The number of anilines is 3. The molecule has 8 aliphatic rings. The van der Waals surface area contributed by atoms with Crippen molar-refractivity contribution in [1.82, 2.24) is 0 Å². The molecule has 3 aliphatic heterocycles. The standard InChI is InChI=1S/C52H44N2S/c1-2-13-34(14-3-1)39-26-29-49(52-51(39)42-18-8-11-21-50(42)55-52)54-46-20-10-7-17-41(46)44-32-37(24-28-48(44)54)36-23-27-47-43(31-36)40-16-6-9-19-45(40)53(47)38-25-22-33-12-4-5-15-35(33)30-38/h1-4,6-14,16-22,24-26,28-32,40-43,45-47,50H,5,15,23,27H2. The lowest BCUT2D eigenvalue weighted by Crippen LogP contribution is -2.38. The largest absolute Gasteiger partial charge is 0.361 e. The Kier molecular flexibility index (Phi) is 7.37. The van der Waals surface area contributed by atoms with Crippen molar-refractivity contribution in [3.05, 3.63) is 192 Å². The van der Waals surface area contributed by atoms with Gasteiger partial charge in [-0.05, 0) is 101 Å². The number of thioether (sulfide) groups is 1. The number of allylic oxidation sites excluding steroid dienone is 9. The molecule has 4 aromatic carbocycles. The molecule has 0 spiro atoms. The van der Waals surface area contributed by atoms with Crippen molar-refractivity contribution in [2.45, 2.75) is 65.8 Å². The van der Waals surface area contributed by atoms with Gasteiger partial charge in [0, 0.05) is 51.2 Å². The topological polar surface area (TPSA) is 6.48 Å². The summed E-state index contributed by atoms with van der Waals surface area (Å²) in [4.78, 5) is 6.90. The van der Waals surface area contributed by atoms with Crippen molar-refractivity contribution in [3.63, 3.8) is 0 Å². The van der Waals surface area contributed by atoms with Gasteiger partial charge in [-0.15, -0.1) is 11.8 Å². The van der Waals surface area contributed by atoms with E-state index < -0.39 is 0 Å². The first kappa shape index (κ1) is 32.0. The summed E-state index contributed by atoms with van der Waals surface area (Å²) in [5.41, 5.74) is 15.6. The lowest BCUT2D eigenvalue weighted by Gasteiger charge is -2.35. The molecule has 0 aromatic heterocycles. The molecule has 0 N–H and O–H groups in total. The van der Waals surface area contributed by atoms with Crippen LogP contribution < -0.4 is 9.80 Å². The third-order valence-electron chi connectivity index (χ3n) is 13.7. The van der Waals surface area contributed by atoms with Crippen molar-refractivity contribution in [3.8, 4) is 11.1 Å². The van der Waals surface area contributed by atoms with E-state index in [-0.39, 0.29) is 6.04 Å². The molecule has 0 saturated carbocycles. The Morgan fingerprint density at radius 2 is 1.45 bits per heavy atom. The molecule has 1 fully saturated rings. The second kappa shape index (κ2) is 12.6. The Morgan fingerprint density at radius 3 is 2.38 bits per heavy atom. The molecule has 3 heteroatoms. The van der Waals surface area contributed by atoms with Gasteiger partial charge in [-0.3, -0.25) is 0 Å². The van der Waals surface area contributed by atoms with Gasteiger partial charge >= 0.3 is 0 Å². The maximum absolute atomic E-state index is 2.78. The van der Waals surface area contributed by atoms with Crippen LogP contribution in [0.15, 0.2) is 169 Å². The van der Waals surface area contributed by atoms with Crippen LogP contribution in [0, 0.1) is 11.8 Å². The van der Waals surface area contributed by atoms with E-state index >= 15 is 0 Å². The lowest BCUT2D eigenvalue weighted by atomic mass is 9.77. The molecule has 4 aromatic rings. The Morgan fingerprint density at radius 1 is 0.636 bits per heavy atom. The molecular formula is C52H44N2S. The Labute approximate surface area is 329 Å². The molecular weight excluding hydrogens is 685 g/mol. The summed E-state index contributed by atoms with van der Waals surface area (Å²) in [5, 5.41) is 0.428. The van der Waals surface area contributed by atoms with Crippen LogP contribution in [0.5, 0.6) is 0 Å². The maximum Gasteiger partial charge on any atom is 0.0630 e. The Bertz CT molecular complexity index is 2490. The quantitative estimate of drug-likeness (QED) is 0.207. The van der Waals surface area contributed by atoms with E-state index in [9.17, 15) is 0 Å². The number of hydrogen-bond acceptors (Lipinski definition) is 3. The van der Waals surface area contributed by atoms with Crippen molar-refractivity contribution in [1.29, 1.82) is 0 Å². The van der Waals surface area contributed by atoms with Crippen LogP contribution in [0.3, 0.4) is 0 Å². The number of hydrogen-bond donors (Lipinski definition) is 0. The Hall–Kier alpha value is -5.25. The molecule has 3 heterocycles. The van der Waals surface area contributed by atoms with E-state index in [4.69, 9.17) is 0 Å². The highest BCUT2D eigenvalue weighted by Gasteiger charge is 2.48. The maximum atomic E-state index is 2.78. The van der Waals surface area contributed by atoms with E-state index in [1.54, 1.807) is 0 Å². The van der Waals surface area contributed by atoms with E-state index in [0.29, 0.717) is 41.0 Å². The Balaban J connectivity index is 0.923. The van der Waals surface area contributed by atoms with Crippen molar-refractivity contribution >= 4 is 40.5 Å². The van der Waals surface area contributed by atoms with Crippen LogP contribution in [0.1, 0.15) is 58.9 Å². The summed E-state index contributed by atoms with van der Waals surface area (Å²) in [6.45, 7) is 0. The van der Waals surface area contributed by atoms with Crippen LogP contribution >= 0.6 is 11.8 Å². The fourth-order valence-electron chi connectivity index (χ4n) is 11.3. The van der Waals surface area contributed by atoms with Crippen molar-refractivity contribution in [2.75, 3.05) is 9.80 Å². The summed E-state index contributed by atoms with van der Waals surface area (Å²) in [6, 6.07) is 31.7. The molecule has 5 aliphatic carbocycles. The van der Waals surface area contributed by atoms with Gasteiger partial charge in [0.2, 0.25) is 0 Å².